The number of likely N-dealkylation sites (N-methyl/N-ethyl adjacent to an activating group) is 1. The van der Waals surface area contributed by atoms with Gasteiger partial charge >= 0.3 is 0 Å². The maximum absolute atomic E-state index is 14.3. The number of rotatable bonds is 3. The molecule has 0 spiro atoms. The zero-order valence-corrected chi connectivity index (χ0v) is 22.1. The molecule has 3 aliphatic rings. The van der Waals surface area contributed by atoms with Gasteiger partial charge in [-0.2, -0.15) is 0 Å². The molecule has 0 aromatic heterocycles. The van der Waals surface area contributed by atoms with Crippen LogP contribution in [0.25, 0.3) is 16.9 Å². The molecule has 1 amide bonds. The highest BCUT2D eigenvalue weighted by molar-refractivity contribution is 6.25. The minimum absolute atomic E-state index is 0.0255. The first-order chi connectivity index (χ1) is 18.1. The molecule has 2 aromatic carbocycles. The lowest BCUT2D eigenvalue weighted by atomic mass is 9.46. The summed E-state index contributed by atoms with van der Waals surface area (Å²) in [5, 5.41) is 45.5. The molecule has 0 saturated heterocycles. The highest BCUT2D eigenvalue weighted by atomic mass is 16.3. The molecule has 1 saturated carbocycles. The average molecular weight is 534 g/mol. The van der Waals surface area contributed by atoms with Crippen molar-refractivity contribution in [2.45, 2.75) is 38.3 Å². The first kappa shape index (κ1) is 26.5. The van der Waals surface area contributed by atoms with Crippen LogP contribution in [0, 0.1) is 10.8 Å². The summed E-state index contributed by atoms with van der Waals surface area (Å²) >= 11 is 0. The van der Waals surface area contributed by atoms with E-state index in [4.69, 9.17) is 11.5 Å². The zero-order chi connectivity index (χ0) is 28.8. The number of aromatic hydroxyl groups is 1. The third-order valence-electron chi connectivity index (χ3n) is 8.71. The maximum atomic E-state index is 14.3. The van der Waals surface area contributed by atoms with E-state index in [1.807, 2.05) is 6.07 Å². The van der Waals surface area contributed by atoms with Crippen LogP contribution >= 0.6 is 0 Å². The summed E-state index contributed by atoms with van der Waals surface area (Å²) in [6.45, 7) is 3.25. The van der Waals surface area contributed by atoms with Crippen molar-refractivity contribution in [3.8, 4) is 16.9 Å². The number of amides is 1. The molecule has 0 bridgehead atoms. The van der Waals surface area contributed by atoms with Gasteiger partial charge in [0.2, 0.25) is 5.78 Å². The molecular formula is C29H31N3O7. The second-order valence-corrected chi connectivity index (χ2v) is 11.5. The van der Waals surface area contributed by atoms with Gasteiger partial charge in [0.1, 0.15) is 22.8 Å². The van der Waals surface area contributed by atoms with Crippen molar-refractivity contribution in [1.29, 1.82) is 0 Å². The molecule has 0 radical (unpaired) electrons. The number of nitrogens with two attached hydrogens (primary N) is 2. The second-order valence-electron chi connectivity index (χ2n) is 11.5. The number of ketones is 2. The van der Waals surface area contributed by atoms with Crippen LogP contribution in [-0.2, 0) is 20.8 Å². The summed E-state index contributed by atoms with van der Waals surface area (Å²) in [6, 6.07) is 9.00. The van der Waals surface area contributed by atoms with Crippen LogP contribution < -0.4 is 11.5 Å². The van der Waals surface area contributed by atoms with Gasteiger partial charge in [-0.25, -0.2) is 0 Å². The zero-order valence-electron chi connectivity index (χ0n) is 22.1. The molecule has 4 atom stereocenters. The van der Waals surface area contributed by atoms with Crippen LogP contribution in [0.4, 0.5) is 5.69 Å². The van der Waals surface area contributed by atoms with Crippen molar-refractivity contribution in [2.24, 2.45) is 16.6 Å². The van der Waals surface area contributed by atoms with E-state index in [2.05, 4.69) is 0 Å². The lowest BCUT2D eigenvalue weighted by molar-refractivity contribution is -0.175. The number of phenols is 1. The van der Waals surface area contributed by atoms with Crippen molar-refractivity contribution in [3.63, 3.8) is 0 Å². The van der Waals surface area contributed by atoms with E-state index >= 15 is 0 Å². The molecule has 0 heterocycles. The van der Waals surface area contributed by atoms with Gasteiger partial charge in [0.25, 0.3) is 5.91 Å². The quantitative estimate of drug-likeness (QED) is 0.253. The first-order valence-corrected chi connectivity index (χ1v) is 12.5. The van der Waals surface area contributed by atoms with E-state index in [9.17, 15) is 34.8 Å². The number of phenolic OH excluding ortho intramolecular Hbond substituents is 1. The van der Waals surface area contributed by atoms with Gasteiger partial charge in [0.15, 0.2) is 11.4 Å². The van der Waals surface area contributed by atoms with Crippen LogP contribution in [0.1, 0.15) is 31.4 Å². The van der Waals surface area contributed by atoms with E-state index in [-0.39, 0.29) is 29.7 Å². The monoisotopic (exact) mass is 533 g/mol. The molecule has 204 valence electrons. The minimum Gasteiger partial charge on any atom is -0.508 e. The summed E-state index contributed by atoms with van der Waals surface area (Å²) in [4.78, 5) is 41.5. The Morgan fingerprint density at radius 2 is 1.74 bits per heavy atom. The van der Waals surface area contributed by atoms with Gasteiger partial charge < -0.3 is 31.9 Å². The highest BCUT2D eigenvalue weighted by Gasteiger charge is 2.72. The molecular weight excluding hydrogens is 502 g/mol. The van der Waals surface area contributed by atoms with E-state index in [1.165, 1.54) is 17.9 Å². The molecule has 2 aromatic rings. The third kappa shape index (κ3) is 3.25. The Morgan fingerprint density at radius 3 is 2.33 bits per heavy atom. The number of anilines is 1. The second kappa shape index (κ2) is 8.17. The van der Waals surface area contributed by atoms with Crippen molar-refractivity contribution in [1.82, 2.24) is 4.90 Å². The number of hydrogen-bond acceptors (Lipinski definition) is 9. The fourth-order valence-corrected chi connectivity index (χ4v) is 7.30. The number of carbonyl (C=O) groups is 3. The molecule has 8 N–H and O–H groups in total. The standard InChI is InChI=1S/C29H31N3O7/c1-27-11-16-15(13-6-5-7-14(30)10-13)8-9-17(33)18(16)21(34)20(27)25(37)29(39)24(36)19(26(31)38)22(35)23(32(3)4)28(29,2)12-27/h5-10,23,33-34,36,39H,11-12,30H2,1-4H3,(H2,31,38)/t23-,27+,28+,29-/m1/s1. The molecule has 39 heavy (non-hydrogen) atoms. The average Bonchev–Trinajstić information content (AvgIpc) is 2.81. The van der Waals surface area contributed by atoms with Crippen molar-refractivity contribution in [2.75, 3.05) is 19.8 Å². The van der Waals surface area contributed by atoms with E-state index in [1.54, 1.807) is 45.3 Å². The molecule has 3 aliphatic carbocycles. The number of fused-ring (bicyclic) bond motifs is 3. The minimum atomic E-state index is -2.75. The van der Waals surface area contributed by atoms with E-state index < -0.39 is 57.0 Å². The van der Waals surface area contributed by atoms with Crippen LogP contribution in [0.3, 0.4) is 0 Å². The molecule has 0 aliphatic heterocycles. The number of primary amides is 1. The predicted octanol–water partition coefficient (Wildman–Crippen LogP) is 1.99. The summed E-state index contributed by atoms with van der Waals surface area (Å²) in [6.07, 6.45) is 0.108. The Kier molecular flexibility index (Phi) is 5.54. The Morgan fingerprint density at radius 1 is 1.08 bits per heavy atom. The summed E-state index contributed by atoms with van der Waals surface area (Å²) in [7, 11) is 3.13. The van der Waals surface area contributed by atoms with Gasteiger partial charge in [-0.05, 0) is 61.8 Å². The van der Waals surface area contributed by atoms with Gasteiger partial charge in [-0.1, -0.05) is 32.0 Å². The number of nitrogens with zero attached hydrogens (tertiary/aromatic N) is 1. The number of carbonyl (C=O) groups excluding carboxylic acids is 3. The fraction of sp³-hybridized carbons (Fsp3) is 0.345. The Labute approximate surface area is 224 Å². The van der Waals surface area contributed by atoms with Crippen LogP contribution in [0.2, 0.25) is 0 Å². The highest BCUT2D eigenvalue weighted by Crippen LogP contribution is 2.63. The number of Topliss-reactive ketones (excluding diaryl/α,β-unsaturated/α-hetero) is 2. The summed E-state index contributed by atoms with van der Waals surface area (Å²) in [5.74, 6) is -5.10. The van der Waals surface area contributed by atoms with Gasteiger partial charge in [0, 0.05) is 22.1 Å². The summed E-state index contributed by atoms with van der Waals surface area (Å²) < 4.78 is 0. The molecule has 10 nitrogen and oxygen atoms in total. The van der Waals surface area contributed by atoms with Crippen LogP contribution in [-0.4, -0.2) is 68.5 Å². The molecule has 10 heteroatoms. The lowest BCUT2D eigenvalue weighted by Crippen LogP contribution is -2.72. The molecule has 0 unspecified atom stereocenters. The van der Waals surface area contributed by atoms with Crippen LogP contribution in [0.5, 0.6) is 5.75 Å². The SMILES string of the molecule is CN(C)[C@@H]1C(=O)C(C(N)=O)=C(O)[C@@]2(O)C(=O)C3=C(O)c4c(O)ccc(-c5cccc(N)c5)c4C[C@@]3(C)C[C@@]12C. The molecule has 1 fully saturated rings. The van der Waals surface area contributed by atoms with Crippen LogP contribution in [0.15, 0.2) is 53.3 Å². The lowest BCUT2D eigenvalue weighted by Gasteiger charge is -2.59. The predicted molar refractivity (Wildman–Crippen MR) is 143 cm³/mol. The Balaban J connectivity index is 1.83. The van der Waals surface area contributed by atoms with Crippen molar-refractivity contribution < 1.29 is 34.8 Å². The number of aliphatic hydroxyl groups is 3. The fourth-order valence-electron chi connectivity index (χ4n) is 7.30. The smallest absolute Gasteiger partial charge is 0.255 e. The number of hydrogen-bond donors (Lipinski definition) is 6. The largest absolute Gasteiger partial charge is 0.508 e. The number of aliphatic hydroxyl groups excluding tert-OH is 2. The van der Waals surface area contributed by atoms with Crippen molar-refractivity contribution in [3.05, 3.63) is 64.4 Å². The molecule has 5 rings (SSSR count). The number of benzene rings is 2. The van der Waals surface area contributed by atoms with Gasteiger partial charge in [0.05, 0.1) is 11.6 Å². The Hall–Kier alpha value is -4.15. The number of nitrogen functional groups attached to an aromatic ring is 1. The maximum Gasteiger partial charge on any atom is 0.255 e. The van der Waals surface area contributed by atoms with Crippen molar-refractivity contribution >= 4 is 28.9 Å². The van der Waals surface area contributed by atoms with E-state index in [0.29, 0.717) is 16.8 Å². The first-order valence-electron chi connectivity index (χ1n) is 12.5. The third-order valence-corrected chi connectivity index (χ3v) is 8.71. The van der Waals surface area contributed by atoms with E-state index in [0.717, 1.165) is 5.56 Å². The summed E-state index contributed by atoms with van der Waals surface area (Å²) in [5.41, 5.74) is 7.36. The van der Waals surface area contributed by atoms with Gasteiger partial charge in [-0.15, -0.1) is 0 Å². The van der Waals surface area contributed by atoms with Gasteiger partial charge in [-0.3, -0.25) is 19.3 Å². The Bertz CT molecular complexity index is 1560. The normalized spacial score (nSPS) is 30.3. The topological polar surface area (TPSA) is 187 Å².